The van der Waals surface area contributed by atoms with E-state index in [2.05, 4.69) is 35.8 Å². The van der Waals surface area contributed by atoms with E-state index in [1.54, 1.807) is 6.92 Å². The molecule has 2 heterocycles. The molecule has 16 heavy (non-hydrogen) atoms. The molecule has 1 saturated heterocycles. The molecule has 1 aliphatic rings. The second-order valence-electron chi connectivity index (χ2n) is 5.15. The summed E-state index contributed by atoms with van der Waals surface area (Å²) in [5.74, 6) is 1.25. The lowest BCUT2D eigenvalue weighted by Gasteiger charge is -2.40. The van der Waals surface area contributed by atoms with Gasteiger partial charge in [0.05, 0.1) is 6.61 Å². The van der Waals surface area contributed by atoms with E-state index in [1.165, 1.54) is 0 Å². The lowest BCUT2D eigenvalue weighted by molar-refractivity contribution is -0.0638. The molecule has 0 bridgehead atoms. The second kappa shape index (κ2) is 4.14. The predicted octanol–water partition coefficient (Wildman–Crippen LogP) is 1.55. The summed E-state index contributed by atoms with van der Waals surface area (Å²) in [4.78, 5) is 6.60. The van der Waals surface area contributed by atoms with Gasteiger partial charge in [-0.25, -0.2) is 0 Å². The quantitative estimate of drug-likeness (QED) is 0.725. The van der Waals surface area contributed by atoms with Crippen molar-refractivity contribution in [1.82, 2.24) is 15.0 Å². The average molecular weight is 225 g/mol. The zero-order valence-corrected chi connectivity index (χ0v) is 10.4. The summed E-state index contributed by atoms with van der Waals surface area (Å²) in [5.41, 5.74) is 0.154. The first-order chi connectivity index (χ1) is 7.47. The number of aryl methyl sites for hydroxylation is 1. The largest absolute Gasteiger partial charge is 0.367 e. The summed E-state index contributed by atoms with van der Waals surface area (Å²) in [6.07, 6.45) is -0.0644. The molecular formula is C11H19N3O2. The first-order valence-electron chi connectivity index (χ1n) is 5.63. The van der Waals surface area contributed by atoms with Crippen LogP contribution in [0.15, 0.2) is 4.52 Å². The molecule has 0 saturated carbocycles. The first-order valence-corrected chi connectivity index (χ1v) is 5.63. The Labute approximate surface area is 95.8 Å². The van der Waals surface area contributed by atoms with Crippen LogP contribution in [0.5, 0.6) is 0 Å². The third-order valence-corrected chi connectivity index (χ3v) is 2.85. The number of ether oxygens (including phenoxy) is 1. The van der Waals surface area contributed by atoms with E-state index in [0.29, 0.717) is 11.7 Å². The van der Waals surface area contributed by atoms with Crippen molar-refractivity contribution >= 4 is 0 Å². The van der Waals surface area contributed by atoms with Crippen LogP contribution in [0.25, 0.3) is 0 Å². The number of rotatable bonds is 1. The number of morpholine rings is 1. The molecule has 1 aliphatic heterocycles. The summed E-state index contributed by atoms with van der Waals surface area (Å²) in [6.45, 7) is 10.9. The van der Waals surface area contributed by atoms with Gasteiger partial charge in [0.2, 0.25) is 11.7 Å². The van der Waals surface area contributed by atoms with Crippen molar-refractivity contribution in [2.24, 2.45) is 0 Å². The molecule has 0 aromatic carbocycles. The van der Waals surface area contributed by atoms with Crippen LogP contribution in [-0.2, 0) is 4.74 Å². The Hall–Kier alpha value is -0.940. The molecule has 1 unspecified atom stereocenters. The fourth-order valence-electron chi connectivity index (χ4n) is 1.86. The Morgan fingerprint density at radius 3 is 2.69 bits per heavy atom. The number of hydrogen-bond acceptors (Lipinski definition) is 5. The van der Waals surface area contributed by atoms with Crippen LogP contribution in [0.4, 0.5) is 0 Å². The minimum absolute atomic E-state index is 0.0644. The number of aromatic nitrogens is 2. The molecule has 0 spiro atoms. The highest BCUT2D eigenvalue weighted by Crippen LogP contribution is 2.24. The van der Waals surface area contributed by atoms with Gasteiger partial charge in [0.1, 0.15) is 6.10 Å². The van der Waals surface area contributed by atoms with Crippen LogP contribution in [0.3, 0.4) is 0 Å². The van der Waals surface area contributed by atoms with Gasteiger partial charge in [-0.05, 0) is 20.8 Å². The molecule has 1 fully saturated rings. The number of hydrogen-bond donors (Lipinski definition) is 0. The maximum absolute atomic E-state index is 5.68. The zero-order valence-electron chi connectivity index (χ0n) is 10.4. The minimum atomic E-state index is -0.0644. The van der Waals surface area contributed by atoms with E-state index >= 15 is 0 Å². The molecule has 90 valence electrons. The van der Waals surface area contributed by atoms with Crippen molar-refractivity contribution in [3.8, 4) is 0 Å². The maximum atomic E-state index is 5.68. The Bertz CT molecular complexity index is 356. The van der Waals surface area contributed by atoms with Crippen molar-refractivity contribution in [3.63, 3.8) is 0 Å². The fourth-order valence-corrected chi connectivity index (χ4v) is 1.86. The Morgan fingerprint density at radius 1 is 1.38 bits per heavy atom. The van der Waals surface area contributed by atoms with Crippen molar-refractivity contribution < 1.29 is 9.26 Å². The minimum Gasteiger partial charge on any atom is -0.367 e. The van der Waals surface area contributed by atoms with Gasteiger partial charge in [-0.1, -0.05) is 5.16 Å². The molecule has 0 aliphatic carbocycles. The molecular weight excluding hydrogens is 206 g/mol. The second-order valence-corrected chi connectivity index (χ2v) is 5.15. The van der Waals surface area contributed by atoms with Crippen LogP contribution in [0.1, 0.15) is 38.6 Å². The van der Waals surface area contributed by atoms with Crippen LogP contribution in [0.2, 0.25) is 0 Å². The topological polar surface area (TPSA) is 51.4 Å². The number of nitrogens with zero attached hydrogens (tertiary/aromatic N) is 3. The maximum Gasteiger partial charge on any atom is 0.223 e. The molecule has 0 N–H and O–H groups in total. The summed E-state index contributed by atoms with van der Waals surface area (Å²) in [7, 11) is 0. The summed E-state index contributed by atoms with van der Waals surface area (Å²) >= 11 is 0. The van der Waals surface area contributed by atoms with Gasteiger partial charge in [0.25, 0.3) is 0 Å². The summed E-state index contributed by atoms with van der Waals surface area (Å²) < 4.78 is 10.7. The van der Waals surface area contributed by atoms with Gasteiger partial charge in [-0.2, -0.15) is 4.98 Å². The van der Waals surface area contributed by atoms with E-state index in [9.17, 15) is 0 Å². The van der Waals surface area contributed by atoms with E-state index in [0.717, 1.165) is 19.7 Å². The van der Waals surface area contributed by atoms with E-state index in [4.69, 9.17) is 9.26 Å². The van der Waals surface area contributed by atoms with Crippen molar-refractivity contribution in [2.75, 3.05) is 19.7 Å². The summed E-state index contributed by atoms with van der Waals surface area (Å²) in [5, 5.41) is 3.92. The first kappa shape index (κ1) is 11.5. The van der Waals surface area contributed by atoms with Crippen LogP contribution in [-0.4, -0.2) is 40.3 Å². The standard InChI is InChI=1S/C11H19N3O2/c1-8-12-10(13-16-8)9-7-14(5-6-15-9)11(2,3)4/h9H,5-7H2,1-4H3. The van der Waals surface area contributed by atoms with Gasteiger partial charge in [0, 0.05) is 25.6 Å². The van der Waals surface area contributed by atoms with Crippen LogP contribution in [0, 0.1) is 6.92 Å². The smallest absolute Gasteiger partial charge is 0.223 e. The monoisotopic (exact) mass is 225 g/mol. The van der Waals surface area contributed by atoms with Crippen LogP contribution < -0.4 is 0 Å². The molecule has 0 amide bonds. The van der Waals surface area contributed by atoms with E-state index < -0.39 is 0 Å². The highest BCUT2D eigenvalue weighted by atomic mass is 16.5. The molecule has 5 nitrogen and oxygen atoms in total. The molecule has 5 heteroatoms. The van der Waals surface area contributed by atoms with Crippen LogP contribution >= 0.6 is 0 Å². The highest BCUT2D eigenvalue weighted by Gasteiger charge is 2.31. The molecule has 2 rings (SSSR count). The Morgan fingerprint density at radius 2 is 2.12 bits per heavy atom. The fraction of sp³-hybridized carbons (Fsp3) is 0.818. The molecule has 0 radical (unpaired) electrons. The lowest BCUT2D eigenvalue weighted by atomic mass is 10.0. The zero-order chi connectivity index (χ0) is 11.8. The van der Waals surface area contributed by atoms with Crippen molar-refractivity contribution in [1.29, 1.82) is 0 Å². The molecule has 1 atom stereocenters. The van der Waals surface area contributed by atoms with Crippen molar-refractivity contribution in [3.05, 3.63) is 11.7 Å². The van der Waals surface area contributed by atoms with Gasteiger partial charge < -0.3 is 9.26 Å². The third-order valence-electron chi connectivity index (χ3n) is 2.85. The van der Waals surface area contributed by atoms with E-state index in [-0.39, 0.29) is 11.6 Å². The lowest BCUT2D eigenvalue weighted by Crippen LogP contribution is -2.49. The molecule has 1 aromatic heterocycles. The summed E-state index contributed by atoms with van der Waals surface area (Å²) in [6, 6.07) is 0. The van der Waals surface area contributed by atoms with Gasteiger partial charge in [-0.15, -0.1) is 0 Å². The average Bonchev–Trinajstić information content (AvgIpc) is 2.64. The predicted molar refractivity (Wildman–Crippen MR) is 59.1 cm³/mol. The normalized spacial score (nSPS) is 23.6. The SMILES string of the molecule is Cc1nc(C2CN(C(C)(C)C)CCO2)no1. The van der Waals surface area contributed by atoms with Crippen molar-refractivity contribution in [2.45, 2.75) is 39.3 Å². The Kier molecular flexibility index (Phi) is 2.99. The van der Waals surface area contributed by atoms with Gasteiger partial charge >= 0.3 is 0 Å². The van der Waals surface area contributed by atoms with E-state index in [1.807, 2.05) is 0 Å². The molecule has 1 aromatic rings. The Balaban J connectivity index is 2.07. The third kappa shape index (κ3) is 2.41. The highest BCUT2D eigenvalue weighted by molar-refractivity contribution is 4.94. The van der Waals surface area contributed by atoms with Gasteiger partial charge in [-0.3, -0.25) is 4.90 Å². The van der Waals surface area contributed by atoms with Gasteiger partial charge in [0.15, 0.2) is 0 Å².